The Hall–Kier alpha value is -1.71. The summed E-state index contributed by atoms with van der Waals surface area (Å²) in [5.41, 5.74) is 0. The Balaban J connectivity index is 2.19. The van der Waals surface area contributed by atoms with E-state index < -0.39 is 0 Å². The number of benzene rings is 1. The predicted molar refractivity (Wildman–Crippen MR) is 58.2 cm³/mol. The van der Waals surface area contributed by atoms with E-state index in [1.165, 1.54) is 0 Å². The molecule has 1 aromatic rings. The van der Waals surface area contributed by atoms with E-state index in [9.17, 15) is 4.79 Å². The van der Waals surface area contributed by atoms with E-state index in [1.807, 2.05) is 6.07 Å². The number of hydrogen-bond donors (Lipinski definition) is 0. The summed E-state index contributed by atoms with van der Waals surface area (Å²) in [5, 5.41) is 0. The van der Waals surface area contributed by atoms with Crippen LogP contribution >= 0.6 is 0 Å². The lowest BCUT2D eigenvalue weighted by atomic mass is 9.94. The molecule has 0 saturated heterocycles. The van der Waals surface area contributed by atoms with Gasteiger partial charge in [0.15, 0.2) is 11.5 Å². The van der Waals surface area contributed by atoms with Crippen LogP contribution in [0.2, 0.25) is 0 Å². The first-order valence-corrected chi connectivity index (χ1v) is 5.14. The molecule has 0 spiro atoms. The van der Waals surface area contributed by atoms with Crippen LogP contribution in [0.15, 0.2) is 18.2 Å². The molecule has 1 aliphatic rings. The molecule has 0 radical (unpaired) electrons. The van der Waals surface area contributed by atoms with Gasteiger partial charge in [-0.25, -0.2) is 0 Å². The van der Waals surface area contributed by atoms with Crippen LogP contribution in [0, 0.1) is 0 Å². The molecule has 0 aliphatic heterocycles. The third-order valence-corrected chi connectivity index (χ3v) is 2.58. The molecule has 16 heavy (non-hydrogen) atoms. The van der Waals surface area contributed by atoms with Crippen molar-refractivity contribution in [2.75, 3.05) is 14.2 Å². The predicted octanol–water partition coefficient (Wildman–Crippen LogP) is 1.81. The molecule has 86 valence electrons. The molecular weight excluding hydrogens is 208 g/mol. The Kier molecular flexibility index (Phi) is 2.99. The van der Waals surface area contributed by atoms with Crippen molar-refractivity contribution in [3.63, 3.8) is 0 Å². The third-order valence-electron chi connectivity index (χ3n) is 2.58. The van der Waals surface area contributed by atoms with Crippen LogP contribution < -0.4 is 14.2 Å². The van der Waals surface area contributed by atoms with Crippen LogP contribution in [0.3, 0.4) is 0 Å². The number of methoxy groups -OCH3 is 2. The van der Waals surface area contributed by atoms with Gasteiger partial charge >= 0.3 is 0 Å². The monoisotopic (exact) mass is 222 g/mol. The summed E-state index contributed by atoms with van der Waals surface area (Å²) in [6, 6.07) is 5.44. The molecule has 1 aliphatic carbocycles. The average Bonchev–Trinajstić information content (AvgIpc) is 2.27. The van der Waals surface area contributed by atoms with Crippen LogP contribution in [0.5, 0.6) is 17.2 Å². The van der Waals surface area contributed by atoms with Crippen molar-refractivity contribution >= 4 is 5.78 Å². The minimum absolute atomic E-state index is 0.0438. The lowest BCUT2D eigenvalue weighted by molar-refractivity contribution is -0.129. The zero-order valence-electron chi connectivity index (χ0n) is 9.36. The van der Waals surface area contributed by atoms with Gasteiger partial charge in [-0.05, 0) is 12.1 Å². The maximum absolute atomic E-state index is 10.9. The number of para-hydroxylation sites is 1. The smallest absolute Gasteiger partial charge is 0.203 e. The molecule has 0 N–H and O–H groups in total. The summed E-state index contributed by atoms with van der Waals surface area (Å²) in [7, 11) is 3.15. The number of ketones is 1. The molecular formula is C12H14O4. The fourth-order valence-electron chi connectivity index (χ4n) is 1.63. The zero-order chi connectivity index (χ0) is 11.5. The number of carbonyl (C=O) groups excluding carboxylic acids is 1. The van der Waals surface area contributed by atoms with Crippen LogP contribution in [-0.2, 0) is 4.79 Å². The summed E-state index contributed by atoms with van der Waals surface area (Å²) in [4.78, 5) is 10.9. The van der Waals surface area contributed by atoms with E-state index in [-0.39, 0.29) is 11.9 Å². The van der Waals surface area contributed by atoms with E-state index in [2.05, 4.69) is 0 Å². The van der Waals surface area contributed by atoms with Crippen molar-refractivity contribution in [3.05, 3.63) is 18.2 Å². The number of Topliss-reactive ketones (excluding diaryl/α,β-unsaturated/α-hetero) is 1. The molecule has 4 nitrogen and oxygen atoms in total. The van der Waals surface area contributed by atoms with Crippen molar-refractivity contribution in [1.82, 2.24) is 0 Å². The summed E-state index contributed by atoms with van der Waals surface area (Å²) in [6.45, 7) is 0. The van der Waals surface area contributed by atoms with Gasteiger partial charge < -0.3 is 14.2 Å². The molecule has 0 bridgehead atoms. The van der Waals surface area contributed by atoms with E-state index in [0.29, 0.717) is 30.1 Å². The van der Waals surface area contributed by atoms with Gasteiger partial charge in [0, 0.05) is 12.8 Å². The Labute approximate surface area is 94.1 Å². The molecule has 1 fully saturated rings. The van der Waals surface area contributed by atoms with Gasteiger partial charge in [0.25, 0.3) is 0 Å². The van der Waals surface area contributed by atoms with Crippen LogP contribution in [-0.4, -0.2) is 26.1 Å². The summed E-state index contributed by atoms with van der Waals surface area (Å²) >= 11 is 0. The van der Waals surface area contributed by atoms with Crippen molar-refractivity contribution in [1.29, 1.82) is 0 Å². The maximum atomic E-state index is 10.9. The summed E-state index contributed by atoms with van der Waals surface area (Å²) < 4.78 is 16.1. The van der Waals surface area contributed by atoms with Gasteiger partial charge in [-0.2, -0.15) is 0 Å². The van der Waals surface area contributed by atoms with Gasteiger partial charge in [0.05, 0.1) is 14.2 Å². The Morgan fingerprint density at radius 3 is 2.12 bits per heavy atom. The minimum Gasteiger partial charge on any atom is -0.493 e. The fraction of sp³-hybridized carbons (Fsp3) is 0.417. The normalized spacial score (nSPS) is 15.5. The van der Waals surface area contributed by atoms with Gasteiger partial charge in [-0.1, -0.05) is 6.07 Å². The Bertz CT molecular complexity index is 370. The SMILES string of the molecule is COc1cccc(OC)c1OC1CC(=O)C1. The highest BCUT2D eigenvalue weighted by molar-refractivity contribution is 5.85. The average molecular weight is 222 g/mol. The second-order valence-electron chi connectivity index (χ2n) is 3.68. The molecule has 0 aromatic heterocycles. The highest BCUT2D eigenvalue weighted by Gasteiger charge is 2.30. The second-order valence-corrected chi connectivity index (χ2v) is 3.68. The van der Waals surface area contributed by atoms with E-state index in [0.717, 1.165) is 0 Å². The quantitative estimate of drug-likeness (QED) is 0.779. The topological polar surface area (TPSA) is 44.8 Å². The highest BCUT2D eigenvalue weighted by Crippen LogP contribution is 2.39. The molecule has 1 saturated carbocycles. The molecule has 1 aromatic carbocycles. The minimum atomic E-state index is -0.0438. The van der Waals surface area contributed by atoms with Gasteiger partial charge in [0.2, 0.25) is 5.75 Å². The van der Waals surface area contributed by atoms with Crippen molar-refractivity contribution in [2.45, 2.75) is 18.9 Å². The van der Waals surface area contributed by atoms with E-state index in [1.54, 1.807) is 26.4 Å². The Morgan fingerprint density at radius 1 is 1.12 bits per heavy atom. The molecule has 4 heteroatoms. The number of carbonyl (C=O) groups is 1. The molecule has 0 atom stereocenters. The van der Waals surface area contributed by atoms with E-state index in [4.69, 9.17) is 14.2 Å². The zero-order valence-corrected chi connectivity index (χ0v) is 9.36. The molecule has 0 heterocycles. The molecule has 0 unspecified atom stereocenters. The standard InChI is InChI=1S/C12H14O4/c1-14-10-4-3-5-11(15-2)12(10)16-9-6-8(13)7-9/h3-5,9H,6-7H2,1-2H3. The van der Waals surface area contributed by atoms with Gasteiger partial charge in [-0.15, -0.1) is 0 Å². The molecule has 0 amide bonds. The highest BCUT2D eigenvalue weighted by atomic mass is 16.5. The van der Waals surface area contributed by atoms with Crippen LogP contribution in [0.25, 0.3) is 0 Å². The van der Waals surface area contributed by atoms with Crippen LogP contribution in [0.1, 0.15) is 12.8 Å². The largest absolute Gasteiger partial charge is 0.493 e. The van der Waals surface area contributed by atoms with Crippen molar-refractivity contribution < 1.29 is 19.0 Å². The van der Waals surface area contributed by atoms with Crippen molar-refractivity contribution in [3.8, 4) is 17.2 Å². The number of rotatable bonds is 4. The second kappa shape index (κ2) is 4.43. The lowest BCUT2D eigenvalue weighted by Gasteiger charge is -2.26. The molecule has 2 rings (SSSR count). The van der Waals surface area contributed by atoms with E-state index >= 15 is 0 Å². The first-order valence-electron chi connectivity index (χ1n) is 5.14. The summed E-state index contributed by atoms with van der Waals surface area (Å²) in [6.07, 6.45) is 0.903. The lowest BCUT2D eigenvalue weighted by Crippen LogP contribution is -2.33. The van der Waals surface area contributed by atoms with Crippen LogP contribution in [0.4, 0.5) is 0 Å². The Morgan fingerprint density at radius 2 is 1.69 bits per heavy atom. The van der Waals surface area contributed by atoms with Gasteiger partial charge in [-0.3, -0.25) is 4.79 Å². The van der Waals surface area contributed by atoms with Crippen molar-refractivity contribution in [2.24, 2.45) is 0 Å². The first-order chi connectivity index (χ1) is 7.74. The fourth-order valence-corrected chi connectivity index (χ4v) is 1.63. The third kappa shape index (κ3) is 1.96. The number of ether oxygens (including phenoxy) is 3. The van der Waals surface area contributed by atoms with Gasteiger partial charge in [0.1, 0.15) is 11.9 Å². The first kappa shape index (κ1) is 10.8. The maximum Gasteiger partial charge on any atom is 0.203 e. The summed E-state index contributed by atoms with van der Waals surface area (Å²) in [5.74, 6) is 2.06. The number of hydrogen-bond acceptors (Lipinski definition) is 4.